The van der Waals surface area contributed by atoms with Gasteiger partial charge in [-0.1, -0.05) is 29.8 Å². The SMILES string of the molecule is CO.Nc1ncc(C2CCC(F)(F)C(O)C2)nc1-c1ccc(C(=O)NCc2cccc(Cl)c2)c(F)c1. The van der Waals surface area contributed by atoms with Crippen LogP contribution >= 0.6 is 11.6 Å². The molecular formula is C25H26ClF3N4O3. The van der Waals surface area contributed by atoms with Crippen LogP contribution in [0.15, 0.2) is 48.7 Å². The van der Waals surface area contributed by atoms with Gasteiger partial charge in [0.05, 0.1) is 17.5 Å². The Kier molecular flexibility index (Phi) is 8.89. The second kappa shape index (κ2) is 11.7. The van der Waals surface area contributed by atoms with Gasteiger partial charge in [0.1, 0.15) is 23.4 Å². The average Bonchev–Trinajstić information content (AvgIpc) is 2.86. The molecule has 1 aliphatic rings. The van der Waals surface area contributed by atoms with Crippen molar-refractivity contribution in [2.45, 2.75) is 43.8 Å². The number of nitrogen functional groups attached to an aromatic ring is 1. The highest BCUT2D eigenvalue weighted by Gasteiger charge is 2.44. The van der Waals surface area contributed by atoms with Crippen LogP contribution in [0, 0.1) is 5.82 Å². The molecule has 1 aliphatic carbocycles. The van der Waals surface area contributed by atoms with E-state index in [1.54, 1.807) is 24.3 Å². The van der Waals surface area contributed by atoms with E-state index < -0.39 is 36.1 Å². The van der Waals surface area contributed by atoms with E-state index >= 15 is 0 Å². The van der Waals surface area contributed by atoms with Gasteiger partial charge < -0.3 is 21.3 Å². The van der Waals surface area contributed by atoms with Gasteiger partial charge in [-0.15, -0.1) is 0 Å². The first-order valence-electron chi connectivity index (χ1n) is 11.1. The molecule has 0 radical (unpaired) electrons. The highest BCUT2D eigenvalue weighted by molar-refractivity contribution is 6.30. The summed E-state index contributed by atoms with van der Waals surface area (Å²) in [6.07, 6.45) is -0.884. The van der Waals surface area contributed by atoms with Gasteiger partial charge in [-0.25, -0.2) is 23.1 Å². The molecule has 7 nitrogen and oxygen atoms in total. The molecule has 3 aromatic rings. The van der Waals surface area contributed by atoms with Crippen molar-refractivity contribution in [2.24, 2.45) is 0 Å². The minimum atomic E-state index is -3.13. The van der Waals surface area contributed by atoms with E-state index in [4.69, 9.17) is 22.4 Å². The van der Waals surface area contributed by atoms with Crippen molar-refractivity contribution in [3.63, 3.8) is 0 Å². The summed E-state index contributed by atoms with van der Waals surface area (Å²) in [5.74, 6) is -4.91. The van der Waals surface area contributed by atoms with Gasteiger partial charge >= 0.3 is 0 Å². The van der Waals surface area contributed by atoms with Crippen LogP contribution in [0.1, 0.15) is 46.8 Å². The van der Waals surface area contributed by atoms with Crippen molar-refractivity contribution in [1.29, 1.82) is 0 Å². The first-order chi connectivity index (χ1) is 17.1. The summed E-state index contributed by atoms with van der Waals surface area (Å²) in [4.78, 5) is 21.0. The Labute approximate surface area is 211 Å². The Hall–Kier alpha value is -3.21. The number of benzene rings is 2. The number of rotatable bonds is 5. The molecule has 1 amide bonds. The molecule has 0 bridgehead atoms. The van der Waals surface area contributed by atoms with Crippen LogP contribution in [-0.2, 0) is 6.54 Å². The zero-order valence-corrected chi connectivity index (χ0v) is 20.1. The number of amides is 1. The molecule has 2 unspecified atom stereocenters. The molecule has 0 saturated heterocycles. The monoisotopic (exact) mass is 522 g/mol. The summed E-state index contributed by atoms with van der Waals surface area (Å²) < 4.78 is 42.1. The number of nitrogens with two attached hydrogens (primary N) is 1. The number of aromatic nitrogens is 2. The van der Waals surface area contributed by atoms with E-state index in [1.165, 1.54) is 18.3 Å². The quantitative estimate of drug-likeness (QED) is 0.396. The fourth-order valence-electron chi connectivity index (χ4n) is 3.95. The third-order valence-corrected chi connectivity index (χ3v) is 6.12. The highest BCUT2D eigenvalue weighted by Crippen LogP contribution is 2.41. The standard InChI is InChI=1S/C24H22ClF3N4O2.CH4O/c25-16-3-1-2-13(8-16)11-31-23(34)17-5-4-15(9-18(17)26)21-22(29)30-12-19(32-21)14-6-7-24(27,28)20(33)10-14;1-2/h1-5,8-9,12,14,20,33H,6-7,10-11H2,(H2,29,30)(H,31,34);2H,1H3. The number of anilines is 1. The van der Waals surface area contributed by atoms with Crippen molar-refractivity contribution >= 4 is 23.3 Å². The van der Waals surface area contributed by atoms with Gasteiger partial charge in [-0.3, -0.25) is 4.79 Å². The fourth-order valence-corrected chi connectivity index (χ4v) is 4.17. The van der Waals surface area contributed by atoms with Crippen molar-refractivity contribution in [2.75, 3.05) is 12.8 Å². The van der Waals surface area contributed by atoms with E-state index in [9.17, 15) is 23.1 Å². The van der Waals surface area contributed by atoms with Crippen LogP contribution in [-0.4, -0.2) is 45.2 Å². The lowest BCUT2D eigenvalue weighted by Gasteiger charge is -2.32. The molecule has 5 N–H and O–H groups in total. The Morgan fingerprint density at radius 2 is 2.00 bits per heavy atom. The van der Waals surface area contributed by atoms with Gasteiger partial charge in [0.2, 0.25) is 0 Å². The molecule has 1 fully saturated rings. The summed E-state index contributed by atoms with van der Waals surface area (Å²) in [7, 11) is 1.00. The Bertz CT molecular complexity index is 1230. The summed E-state index contributed by atoms with van der Waals surface area (Å²) in [6.45, 7) is 0.174. The average molecular weight is 523 g/mol. The van der Waals surface area contributed by atoms with E-state index in [0.29, 0.717) is 10.7 Å². The number of aliphatic hydroxyl groups is 2. The van der Waals surface area contributed by atoms with Gasteiger partial charge in [-0.2, -0.15) is 0 Å². The number of carbonyl (C=O) groups is 1. The van der Waals surface area contributed by atoms with Crippen molar-refractivity contribution in [3.8, 4) is 11.3 Å². The number of alkyl halides is 2. The minimum Gasteiger partial charge on any atom is -0.400 e. The van der Waals surface area contributed by atoms with Crippen LogP contribution in [0.25, 0.3) is 11.3 Å². The highest BCUT2D eigenvalue weighted by atomic mass is 35.5. The number of hydrogen-bond acceptors (Lipinski definition) is 6. The first-order valence-corrected chi connectivity index (χ1v) is 11.5. The molecule has 36 heavy (non-hydrogen) atoms. The maximum absolute atomic E-state index is 14.8. The lowest BCUT2D eigenvalue weighted by atomic mass is 9.83. The largest absolute Gasteiger partial charge is 0.400 e. The van der Waals surface area contributed by atoms with E-state index in [0.717, 1.165) is 18.7 Å². The minimum absolute atomic E-state index is 0.0306. The first kappa shape index (κ1) is 27.4. The van der Waals surface area contributed by atoms with Crippen molar-refractivity contribution < 1.29 is 28.2 Å². The Morgan fingerprint density at radius 3 is 2.67 bits per heavy atom. The number of carbonyl (C=O) groups excluding carboxylic acids is 1. The van der Waals surface area contributed by atoms with Gasteiger partial charge in [0.15, 0.2) is 0 Å². The lowest BCUT2D eigenvalue weighted by molar-refractivity contribution is -0.135. The predicted octanol–water partition coefficient (Wildman–Crippen LogP) is 4.32. The van der Waals surface area contributed by atoms with Gasteiger partial charge in [-0.05, 0) is 42.7 Å². The van der Waals surface area contributed by atoms with E-state index in [-0.39, 0.29) is 42.0 Å². The third-order valence-electron chi connectivity index (χ3n) is 5.89. The van der Waals surface area contributed by atoms with Crippen molar-refractivity contribution in [3.05, 3.63) is 76.3 Å². The zero-order valence-electron chi connectivity index (χ0n) is 19.4. The van der Waals surface area contributed by atoms with Gasteiger partial charge in [0, 0.05) is 36.6 Å². The Balaban J connectivity index is 0.00000176. The molecule has 2 aromatic carbocycles. The number of nitrogens with one attached hydrogen (secondary N) is 1. The number of aliphatic hydroxyl groups excluding tert-OH is 2. The van der Waals surface area contributed by atoms with Crippen LogP contribution in [0.5, 0.6) is 0 Å². The third kappa shape index (κ3) is 6.31. The molecule has 1 heterocycles. The lowest BCUT2D eigenvalue weighted by Crippen LogP contribution is -2.39. The topological polar surface area (TPSA) is 121 Å². The zero-order chi connectivity index (χ0) is 26.5. The van der Waals surface area contributed by atoms with Crippen LogP contribution in [0.3, 0.4) is 0 Å². The summed E-state index contributed by atoms with van der Waals surface area (Å²) in [6, 6.07) is 10.9. The van der Waals surface area contributed by atoms with Crippen LogP contribution < -0.4 is 11.1 Å². The number of nitrogens with zero attached hydrogens (tertiary/aromatic N) is 2. The van der Waals surface area contributed by atoms with E-state index in [2.05, 4.69) is 15.3 Å². The predicted molar refractivity (Wildman–Crippen MR) is 130 cm³/mol. The molecule has 2 atom stereocenters. The van der Waals surface area contributed by atoms with Crippen LogP contribution in [0.4, 0.5) is 19.0 Å². The molecule has 11 heteroatoms. The summed E-state index contributed by atoms with van der Waals surface area (Å²) in [5, 5.41) is 19.9. The normalized spacial score (nSPS) is 18.6. The molecule has 0 spiro atoms. The molecule has 0 aliphatic heterocycles. The molecule has 1 saturated carbocycles. The number of halogens is 4. The number of hydrogen-bond donors (Lipinski definition) is 4. The molecule has 192 valence electrons. The summed E-state index contributed by atoms with van der Waals surface area (Å²) >= 11 is 5.93. The molecule has 4 rings (SSSR count). The Morgan fingerprint density at radius 1 is 1.25 bits per heavy atom. The molecule has 1 aromatic heterocycles. The smallest absolute Gasteiger partial charge is 0.273 e. The maximum atomic E-state index is 14.8. The molecular weight excluding hydrogens is 497 g/mol. The second-order valence-electron chi connectivity index (χ2n) is 8.28. The second-order valence-corrected chi connectivity index (χ2v) is 8.72. The fraction of sp³-hybridized carbons (Fsp3) is 0.320. The van der Waals surface area contributed by atoms with Crippen molar-refractivity contribution in [1.82, 2.24) is 15.3 Å². The van der Waals surface area contributed by atoms with Gasteiger partial charge in [0.25, 0.3) is 11.8 Å². The maximum Gasteiger partial charge on any atom is 0.273 e. The van der Waals surface area contributed by atoms with Crippen LogP contribution in [0.2, 0.25) is 5.02 Å². The summed E-state index contributed by atoms with van der Waals surface area (Å²) in [5.41, 5.74) is 7.40. The van der Waals surface area contributed by atoms with E-state index in [1.807, 2.05) is 0 Å².